The third-order valence-electron chi connectivity index (χ3n) is 3.53. The highest BCUT2D eigenvalue weighted by atomic mass is 35.5. The fourth-order valence-electron chi connectivity index (χ4n) is 2.40. The molecular weight excluding hydrogens is 391 g/mol. The zero-order chi connectivity index (χ0) is 18.5. The molecule has 0 fully saturated rings. The van der Waals surface area contributed by atoms with Crippen LogP contribution in [0.2, 0.25) is 10.0 Å². The molecule has 1 amide bonds. The van der Waals surface area contributed by atoms with Crippen molar-refractivity contribution in [1.29, 1.82) is 0 Å². The van der Waals surface area contributed by atoms with Gasteiger partial charge in [-0.15, -0.1) is 10.2 Å². The van der Waals surface area contributed by atoms with Gasteiger partial charge in [0.1, 0.15) is 0 Å². The molecule has 3 aromatic rings. The van der Waals surface area contributed by atoms with Crippen molar-refractivity contribution >= 4 is 40.9 Å². The highest BCUT2D eigenvalue weighted by molar-refractivity contribution is 7.99. The van der Waals surface area contributed by atoms with Gasteiger partial charge in [-0.2, -0.15) is 0 Å². The molecule has 0 atom stereocenters. The molecule has 0 bridgehead atoms. The second-order valence-electron chi connectivity index (χ2n) is 5.34. The van der Waals surface area contributed by atoms with E-state index in [1.807, 2.05) is 47.9 Å². The zero-order valence-corrected chi connectivity index (χ0v) is 16.3. The summed E-state index contributed by atoms with van der Waals surface area (Å²) in [6.07, 6.45) is 0. The monoisotopic (exact) mass is 406 g/mol. The Balaban J connectivity index is 2.04. The van der Waals surface area contributed by atoms with E-state index in [9.17, 15) is 4.79 Å². The van der Waals surface area contributed by atoms with Crippen LogP contribution in [0.25, 0.3) is 17.1 Å². The van der Waals surface area contributed by atoms with Crippen LogP contribution in [-0.2, 0) is 4.79 Å². The molecule has 2 aromatic carbocycles. The van der Waals surface area contributed by atoms with Crippen LogP contribution in [0.5, 0.6) is 0 Å². The molecule has 0 radical (unpaired) electrons. The third kappa shape index (κ3) is 4.20. The standard InChI is InChI=1S/C18H16Cl2N4OS/c1-2-21-16(25)11-26-18-23-22-17(14-9-8-12(19)10-15(14)20)24(18)13-6-4-3-5-7-13/h3-10H,2,11H2,1H3,(H,21,25). The minimum Gasteiger partial charge on any atom is -0.356 e. The van der Waals surface area contributed by atoms with Crippen molar-refractivity contribution in [3.05, 3.63) is 58.6 Å². The van der Waals surface area contributed by atoms with Crippen LogP contribution in [0.1, 0.15) is 6.92 Å². The first-order valence-electron chi connectivity index (χ1n) is 7.96. The largest absolute Gasteiger partial charge is 0.356 e. The van der Waals surface area contributed by atoms with Crippen LogP contribution in [0.4, 0.5) is 0 Å². The number of rotatable bonds is 6. The van der Waals surface area contributed by atoms with Crippen LogP contribution < -0.4 is 5.32 Å². The molecule has 1 N–H and O–H groups in total. The van der Waals surface area contributed by atoms with Crippen LogP contribution in [0, 0.1) is 0 Å². The number of amides is 1. The number of hydrogen-bond donors (Lipinski definition) is 1. The van der Waals surface area contributed by atoms with Gasteiger partial charge in [-0.05, 0) is 37.3 Å². The van der Waals surface area contributed by atoms with Gasteiger partial charge >= 0.3 is 0 Å². The summed E-state index contributed by atoms with van der Waals surface area (Å²) in [4.78, 5) is 11.8. The van der Waals surface area contributed by atoms with Gasteiger partial charge in [0.15, 0.2) is 11.0 Å². The predicted molar refractivity (Wildman–Crippen MR) is 106 cm³/mol. The molecule has 0 aliphatic rings. The van der Waals surface area contributed by atoms with Gasteiger partial charge in [-0.1, -0.05) is 53.2 Å². The average Bonchev–Trinajstić information content (AvgIpc) is 3.04. The van der Waals surface area contributed by atoms with Crippen molar-refractivity contribution in [2.45, 2.75) is 12.1 Å². The van der Waals surface area contributed by atoms with Gasteiger partial charge < -0.3 is 5.32 Å². The number of hydrogen-bond acceptors (Lipinski definition) is 4. The van der Waals surface area contributed by atoms with Gasteiger partial charge in [0, 0.05) is 22.8 Å². The number of nitrogens with zero attached hydrogens (tertiary/aromatic N) is 3. The lowest BCUT2D eigenvalue weighted by molar-refractivity contribution is -0.118. The molecule has 134 valence electrons. The summed E-state index contributed by atoms with van der Waals surface area (Å²) in [5.41, 5.74) is 1.61. The van der Waals surface area contributed by atoms with Crippen molar-refractivity contribution in [2.24, 2.45) is 0 Å². The van der Waals surface area contributed by atoms with Gasteiger partial charge in [0.2, 0.25) is 5.91 Å². The maximum atomic E-state index is 11.8. The number of aromatic nitrogens is 3. The fourth-order valence-corrected chi connectivity index (χ4v) is 3.67. The van der Waals surface area contributed by atoms with Gasteiger partial charge in [0.25, 0.3) is 0 Å². The molecule has 1 aromatic heterocycles. The molecule has 8 heteroatoms. The Bertz CT molecular complexity index is 915. The van der Waals surface area contributed by atoms with Gasteiger partial charge in [-0.25, -0.2) is 0 Å². The molecule has 0 aliphatic carbocycles. The normalized spacial score (nSPS) is 10.7. The van der Waals surface area contributed by atoms with Crippen LogP contribution in [-0.4, -0.2) is 33.0 Å². The minimum atomic E-state index is -0.0498. The lowest BCUT2D eigenvalue weighted by atomic mass is 10.2. The second-order valence-corrected chi connectivity index (χ2v) is 7.13. The summed E-state index contributed by atoms with van der Waals surface area (Å²) in [5, 5.41) is 13.0. The van der Waals surface area contributed by atoms with Crippen LogP contribution in [0.15, 0.2) is 53.7 Å². The number of thioether (sulfide) groups is 1. The average molecular weight is 407 g/mol. The maximum absolute atomic E-state index is 11.8. The third-order valence-corrected chi connectivity index (χ3v) is 5.00. The van der Waals surface area contributed by atoms with Crippen molar-refractivity contribution in [3.63, 3.8) is 0 Å². The van der Waals surface area contributed by atoms with E-state index in [1.54, 1.807) is 12.1 Å². The lowest BCUT2D eigenvalue weighted by Gasteiger charge is -2.11. The van der Waals surface area contributed by atoms with E-state index in [0.717, 1.165) is 11.3 Å². The Kier molecular flexibility index (Phi) is 6.19. The highest BCUT2D eigenvalue weighted by Crippen LogP contribution is 2.33. The summed E-state index contributed by atoms with van der Waals surface area (Å²) >= 11 is 13.7. The zero-order valence-electron chi connectivity index (χ0n) is 13.9. The first-order valence-corrected chi connectivity index (χ1v) is 9.70. The summed E-state index contributed by atoms with van der Waals surface area (Å²) in [6.45, 7) is 2.48. The van der Waals surface area contributed by atoms with E-state index >= 15 is 0 Å². The van der Waals surface area contributed by atoms with E-state index in [2.05, 4.69) is 15.5 Å². The Hall–Kier alpha value is -2.02. The molecule has 26 heavy (non-hydrogen) atoms. The molecule has 3 rings (SSSR count). The van der Waals surface area contributed by atoms with Crippen molar-refractivity contribution in [1.82, 2.24) is 20.1 Å². The molecule has 0 unspecified atom stereocenters. The predicted octanol–water partition coefficient (Wildman–Crippen LogP) is 4.47. The summed E-state index contributed by atoms with van der Waals surface area (Å²) < 4.78 is 1.89. The van der Waals surface area contributed by atoms with Crippen LogP contribution in [0.3, 0.4) is 0 Å². The van der Waals surface area contributed by atoms with Gasteiger partial charge in [0.05, 0.1) is 10.8 Å². The van der Waals surface area contributed by atoms with Crippen molar-refractivity contribution in [3.8, 4) is 17.1 Å². The minimum absolute atomic E-state index is 0.0498. The number of nitrogens with one attached hydrogen (secondary N) is 1. The number of para-hydroxylation sites is 1. The molecule has 5 nitrogen and oxygen atoms in total. The number of halogens is 2. The molecule has 0 saturated heterocycles. The first kappa shape index (κ1) is 18.8. The molecular formula is C18H16Cl2N4OS. The molecule has 1 heterocycles. The van der Waals surface area contributed by atoms with E-state index in [0.29, 0.717) is 27.6 Å². The number of benzene rings is 2. The Morgan fingerprint density at radius 2 is 1.92 bits per heavy atom. The number of carbonyl (C=O) groups is 1. The number of carbonyl (C=O) groups excluding carboxylic acids is 1. The lowest BCUT2D eigenvalue weighted by Crippen LogP contribution is -2.24. The van der Waals surface area contributed by atoms with Gasteiger partial charge in [-0.3, -0.25) is 9.36 Å². The Morgan fingerprint density at radius 1 is 1.15 bits per heavy atom. The fraction of sp³-hybridized carbons (Fsp3) is 0.167. The highest BCUT2D eigenvalue weighted by Gasteiger charge is 2.19. The van der Waals surface area contributed by atoms with E-state index < -0.39 is 0 Å². The summed E-state index contributed by atoms with van der Waals surface area (Å²) in [5.74, 6) is 0.801. The summed E-state index contributed by atoms with van der Waals surface area (Å²) in [7, 11) is 0. The van der Waals surface area contributed by atoms with E-state index in [4.69, 9.17) is 23.2 Å². The quantitative estimate of drug-likeness (QED) is 0.613. The SMILES string of the molecule is CCNC(=O)CSc1nnc(-c2ccc(Cl)cc2Cl)n1-c1ccccc1. The topological polar surface area (TPSA) is 59.8 Å². The van der Waals surface area contributed by atoms with Crippen molar-refractivity contribution in [2.75, 3.05) is 12.3 Å². The van der Waals surface area contributed by atoms with Crippen LogP contribution >= 0.6 is 35.0 Å². The second kappa shape index (κ2) is 8.58. The molecule has 0 aliphatic heterocycles. The maximum Gasteiger partial charge on any atom is 0.230 e. The first-order chi connectivity index (χ1) is 12.6. The Labute approximate surface area is 165 Å². The van der Waals surface area contributed by atoms with E-state index in [1.165, 1.54) is 11.8 Å². The van der Waals surface area contributed by atoms with E-state index in [-0.39, 0.29) is 11.7 Å². The molecule has 0 spiro atoms. The van der Waals surface area contributed by atoms with Crippen molar-refractivity contribution < 1.29 is 4.79 Å². The smallest absolute Gasteiger partial charge is 0.230 e. The molecule has 0 saturated carbocycles. The summed E-state index contributed by atoms with van der Waals surface area (Å²) in [6, 6.07) is 14.9. The Morgan fingerprint density at radius 3 is 2.62 bits per heavy atom.